The molecule has 1 heterocycles. The highest BCUT2D eigenvalue weighted by Gasteiger charge is 2.19. The molecule has 0 saturated heterocycles. The SMILES string of the molecule is CCNC(c1csc(C)n1)c1ccc(Cl)cc1F. The summed E-state index contributed by atoms with van der Waals surface area (Å²) in [6, 6.07) is 4.51. The summed E-state index contributed by atoms with van der Waals surface area (Å²) in [4.78, 5) is 4.43. The number of thiazole rings is 1. The smallest absolute Gasteiger partial charge is 0.129 e. The van der Waals surface area contributed by atoms with E-state index in [9.17, 15) is 4.39 Å². The minimum Gasteiger partial charge on any atom is -0.305 e. The van der Waals surface area contributed by atoms with E-state index in [-0.39, 0.29) is 11.9 Å². The van der Waals surface area contributed by atoms with E-state index in [1.54, 1.807) is 23.5 Å². The normalized spacial score (nSPS) is 12.7. The number of hydrogen-bond donors (Lipinski definition) is 1. The Kier molecular flexibility index (Phi) is 4.32. The summed E-state index contributed by atoms with van der Waals surface area (Å²) in [5, 5.41) is 6.58. The molecule has 1 aromatic heterocycles. The van der Waals surface area contributed by atoms with Crippen LogP contribution in [0.3, 0.4) is 0 Å². The highest BCUT2D eigenvalue weighted by atomic mass is 35.5. The van der Waals surface area contributed by atoms with Crippen molar-refractivity contribution in [3.05, 3.63) is 50.7 Å². The number of nitrogens with one attached hydrogen (secondary N) is 1. The molecule has 5 heteroatoms. The highest BCUT2D eigenvalue weighted by Crippen LogP contribution is 2.27. The van der Waals surface area contributed by atoms with Crippen LogP contribution in [-0.2, 0) is 0 Å². The van der Waals surface area contributed by atoms with Gasteiger partial charge in [0.15, 0.2) is 0 Å². The minimum atomic E-state index is -0.306. The number of halogens is 2. The van der Waals surface area contributed by atoms with E-state index in [0.29, 0.717) is 10.6 Å². The molecule has 2 aromatic rings. The Hall–Kier alpha value is -0.970. The first-order valence-corrected chi connectivity index (χ1v) is 6.98. The topological polar surface area (TPSA) is 24.9 Å². The van der Waals surface area contributed by atoms with E-state index in [2.05, 4.69) is 10.3 Å². The largest absolute Gasteiger partial charge is 0.305 e. The van der Waals surface area contributed by atoms with E-state index in [1.807, 2.05) is 19.2 Å². The summed E-state index contributed by atoms with van der Waals surface area (Å²) in [6.45, 7) is 4.67. The Bertz CT molecular complexity index is 542. The molecule has 1 atom stereocenters. The third-order valence-corrected chi connectivity index (χ3v) is 3.64. The van der Waals surface area contributed by atoms with Crippen molar-refractivity contribution in [2.45, 2.75) is 19.9 Å². The molecule has 0 aliphatic carbocycles. The van der Waals surface area contributed by atoms with Crippen LogP contribution in [0.2, 0.25) is 5.02 Å². The maximum absolute atomic E-state index is 14.0. The fourth-order valence-corrected chi connectivity index (χ4v) is 2.62. The molecular formula is C13H14ClFN2S. The number of benzene rings is 1. The van der Waals surface area contributed by atoms with Gasteiger partial charge in [-0.25, -0.2) is 9.37 Å². The first-order chi connectivity index (χ1) is 8.61. The monoisotopic (exact) mass is 284 g/mol. The average molecular weight is 285 g/mol. The number of nitrogens with zero attached hydrogens (tertiary/aromatic N) is 1. The first-order valence-electron chi connectivity index (χ1n) is 5.72. The summed E-state index contributed by atoms with van der Waals surface area (Å²) >= 11 is 7.34. The summed E-state index contributed by atoms with van der Waals surface area (Å²) in [6.07, 6.45) is 0. The average Bonchev–Trinajstić information content (AvgIpc) is 2.73. The van der Waals surface area contributed by atoms with Gasteiger partial charge in [-0.3, -0.25) is 0 Å². The Morgan fingerprint density at radius 2 is 2.28 bits per heavy atom. The molecule has 0 saturated carbocycles. The zero-order valence-corrected chi connectivity index (χ0v) is 11.8. The molecule has 0 bridgehead atoms. The summed E-state index contributed by atoms with van der Waals surface area (Å²) in [5.41, 5.74) is 1.42. The van der Waals surface area contributed by atoms with Crippen LogP contribution < -0.4 is 5.32 Å². The second-order valence-electron chi connectivity index (χ2n) is 3.95. The number of rotatable bonds is 4. The molecule has 96 valence electrons. The minimum absolute atomic E-state index is 0.225. The third-order valence-electron chi connectivity index (χ3n) is 2.61. The third kappa shape index (κ3) is 2.88. The number of aromatic nitrogens is 1. The van der Waals surface area contributed by atoms with Crippen molar-refractivity contribution in [3.8, 4) is 0 Å². The van der Waals surface area contributed by atoms with Crippen LogP contribution in [0.4, 0.5) is 4.39 Å². The fourth-order valence-electron chi connectivity index (χ4n) is 1.83. The van der Waals surface area contributed by atoms with E-state index in [4.69, 9.17) is 11.6 Å². The molecule has 0 amide bonds. The molecule has 0 radical (unpaired) electrons. The van der Waals surface area contributed by atoms with Gasteiger partial charge in [-0.05, 0) is 25.6 Å². The predicted octanol–water partition coefficient (Wildman–Crippen LogP) is 3.94. The van der Waals surface area contributed by atoms with Crippen LogP contribution in [0.15, 0.2) is 23.6 Å². The van der Waals surface area contributed by atoms with Crippen molar-refractivity contribution in [1.29, 1.82) is 0 Å². The van der Waals surface area contributed by atoms with Gasteiger partial charge in [0.25, 0.3) is 0 Å². The Balaban J connectivity index is 2.41. The second-order valence-corrected chi connectivity index (χ2v) is 5.45. The highest BCUT2D eigenvalue weighted by molar-refractivity contribution is 7.09. The molecular weight excluding hydrogens is 271 g/mol. The van der Waals surface area contributed by atoms with Gasteiger partial charge in [-0.15, -0.1) is 11.3 Å². The van der Waals surface area contributed by atoms with Gasteiger partial charge in [-0.1, -0.05) is 24.6 Å². The van der Waals surface area contributed by atoms with Gasteiger partial charge >= 0.3 is 0 Å². The van der Waals surface area contributed by atoms with E-state index < -0.39 is 0 Å². The van der Waals surface area contributed by atoms with Crippen LogP contribution >= 0.6 is 22.9 Å². The molecule has 0 spiro atoms. The zero-order chi connectivity index (χ0) is 13.1. The van der Waals surface area contributed by atoms with Crippen molar-refractivity contribution >= 4 is 22.9 Å². The van der Waals surface area contributed by atoms with Gasteiger partial charge < -0.3 is 5.32 Å². The lowest BCUT2D eigenvalue weighted by atomic mass is 10.0. The number of hydrogen-bond acceptors (Lipinski definition) is 3. The maximum atomic E-state index is 14.0. The lowest BCUT2D eigenvalue weighted by Crippen LogP contribution is -2.23. The van der Waals surface area contributed by atoms with Gasteiger partial charge in [0.2, 0.25) is 0 Å². The molecule has 2 nitrogen and oxygen atoms in total. The lowest BCUT2D eigenvalue weighted by molar-refractivity contribution is 0.553. The molecule has 0 aliphatic rings. The summed E-state index contributed by atoms with van der Waals surface area (Å²) in [7, 11) is 0. The summed E-state index contributed by atoms with van der Waals surface area (Å²) in [5.74, 6) is -0.306. The first kappa shape index (κ1) is 13.5. The lowest BCUT2D eigenvalue weighted by Gasteiger charge is -2.17. The molecule has 0 fully saturated rings. The van der Waals surface area contributed by atoms with Crippen molar-refractivity contribution < 1.29 is 4.39 Å². The Labute approximate surface area is 115 Å². The van der Waals surface area contributed by atoms with E-state index in [0.717, 1.165) is 17.2 Å². The van der Waals surface area contributed by atoms with Gasteiger partial charge in [0, 0.05) is 16.0 Å². The van der Waals surface area contributed by atoms with Gasteiger partial charge in [0.05, 0.1) is 16.7 Å². The van der Waals surface area contributed by atoms with Gasteiger partial charge in [0.1, 0.15) is 5.82 Å². The van der Waals surface area contributed by atoms with Crippen molar-refractivity contribution in [3.63, 3.8) is 0 Å². The van der Waals surface area contributed by atoms with E-state index >= 15 is 0 Å². The van der Waals surface area contributed by atoms with Crippen LogP contribution in [0.5, 0.6) is 0 Å². The second kappa shape index (κ2) is 5.78. The fraction of sp³-hybridized carbons (Fsp3) is 0.308. The molecule has 18 heavy (non-hydrogen) atoms. The van der Waals surface area contributed by atoms with Crippen LogP contribution in [0.25, 0.3) is 0 Å². The Morgan fingerprint density at radius 3 is 2.83 bits per heavy atom. The van der Waals surface area contributed by atoms with Crippen LogP contribution in [0.1, 0.15) is 29.2 Å². The quantitative estimate of drug-likeness (QED) is 0.920. The van der Waals surface area contributed by atoms with E-state index in [1.165, 1.54) is 6.07 Å². The van der Waals surface area contributed by atoms with Crippen molar-refractivity contribution in [1.82, 2.24) is 10.3 Å². The molecule has 2 rings (SSSR count). The van der Waals surface area contributed by atoms with Gasteiger partial charge in [-0.2, -0.15) is 0 Å². The van der Waals surface area contributed by atoms with Crippen LogP contribution in [-0.4, -0.2) is 11.5 Å². The van der Waals surface area contributed by atoms with Crippen molar-refractivity contribution in [2.24, 2.45) is 0 Å². The summed E-state index contributed by atoms with van der Waals surface area (Å²) < 4.78 is 14.0. The van der Waals surface area contributed by atoms with Crippen LogP contribution in [0, 0.1) is 12.7 Å². The zero-order valence-electron chi connectivity index (χ0n) is 10.2. The van der Waals surface area contributed by atoms with Crippen molar-refractivity contribution in [2.75, 3.05) is 6.54 Å². The molecule has 1 aromatic carbocycles. The predicted molar refractivity (Wildman–Crippen MR) is 73.8 cm³/mol. The molecule has 1 N–H and O–H groups in total. The Morgan fingerprint density at radius 1 is 1.50 bits per heavy atom. The maximum Gasteiger partial charge on any atom is 0.129 e. The number of aryl methyl sites for hydroxylation is 1. The molecule has 0 aliphatic heterocycles. The molecule has 1 unspecified atom stereocenters. The standard InChI is InChI=1S/C13H14ClFN2S/c1-3-16-13(12-7-18-8(2)17-12)10-5-4-9(14)6-11(10)15/h4-7,13,16H,3H2,1-2H3.